The largest absolute Gasteiger partial charge is 0.507 e. The van der Waals surface area contributed by atoms with Gasteiger partial charge < -0.3 is 20.2 Å². The van der Waals surface area contributed by atoms with Crippen molar-refractivity contribution in [2.45, 2.75) is 6.42 Å². The number of amides is 1. The number of carbonyl (C=O) groups is 1. The van der Waals surface area contributed by atoms with Gasteiger partial charge in [0.2, 0.25) is 0 Å². The van der Waals surface area contributed by atoms with Crippen molar-refractivity contribution >= 4 is 30.7 Å². The van der Waals surface area contributed by atoms with Gasteiger partial charge in [-0.15, -0.1) is 0 Å². The van der Waals surface area contributed by atoms with Crippen LogP contribution in [0.3, 0.4) is 0 Å². The maximum atomic E-state index is 11.9. The van der Waals surface area contributed by atoms with Gasteiger partial charge in [-0.1, -0.05) is 12.1 Å². The Balaban J connectivity index is 1.47. The lowest BCUT2D eigenvalue weighted by Gasteiger charge is -2.12. The van der Waals surface area contributed by atoms with Crippen LogP contribution < -0.4 is 16.1 Å². The molecule has 1 aromatic carbocycles. The Kier molecular flexibility index (Phi) is 5.19. The highest BCUT2D eigenvalue weighted by molar-refractivity contribution is 6.36. The molecule has 3 heterocycles. The molecule has 0 aliphatic heterocycles. The monoisotopic (exact) mass is 389 g/mol. The molecule has 8 nitrogen and oxygen atoms in total. The molecule has 0 saturated heterocycles. The molecule has 9 heteroatoms. The first kappa shape index (κ1) is 18.6. The highest BCUT2D eigenvalue weighted by Gasteiger charge is 2.12. The lowest BCUT2D eigenvalue weighted by Crippen LogP contribution is -2.25. The summed E-state index contributed by atoms with van der Waals surface area (Å²) in [4.78, 5) is 16.6. The number of phenols is 1. The Bertz CT molecular complexity index is 1140. The van der Waals surface area contributed by atoms with Crippen LogP contribution in [0.4, 0.5) is 5.82 Å². The molecule has 29 heavy (non-hydrogen) atoms. The maximum absolute atomic E-state index is 11.9. The Hall–Kier alpha value is -3.75. The van der Waals surface area contributed by atoms with Crippen molar-refractivity contribution in [2.75, 3.05) is 18.4 Å². The third-order valence-electron chi connectivity index (χ3n) is 4.56. The highest BCUT2D eigenvalue weighted by atomic mass is 16.3. The molecule has 4 rings (SSSR count). The Morgan fingerprint density at radius 1 is 1.24 bits per heavy atom. The number of phenolic OH excluding ortho intramolecular Hbond substituents is 1. The molecule has 0 spiro atoms. The van der Waals surface area contributed by atoms with Crippen molar-refractivity contribution < 1.29 is 14.3 Å². The normalized spacial score (nSPS) is 10.9. The molecule has 0 fully saturated rings. The van der Waals surface area contributed by atoms with Crippen LogP contribution in [0.5, 0.6) is 5.75 Å². The minimum Gasteiger partial charge on any atom is -0.507 e. The zero-order valence-corrected chi connectivity index (χ0v) is 15.9. The molecule has 3 aromatic heterocycles. The van der Waals surface area contributed by atoms with E-state index >= 15 is 0 Å². The molecule has 0 aliphatic rings. The van der Waals surface area contributed by atoms with Crippen LogP contribution in [0.2, 0.25) is 0 Å². The Morgan fingerprint density at radius 2 is 2.10 bits per heavy atom. The fourth-order valence-corrected chi connectivity index (χ4v) is 3.03. The van der Waals surface area contributed by atoms with Gasteiger partial charge in [-0.25, -0.2) is 4.98 Å². The lowest BCUT2D eigenvalue weighted by molar-refractivity contribution is 0.0953. The molecule has 0 bridgehead atoms. The van der Waals surface area contributed by atoms with E-state index in [1.54, 1.807) is 28.9 Å². The smallest absolute Gasteiger partial charge is 0.254 e. The van der Waals surface area contributed by atoms with Crippen LogP contribution in [-0.2, 0) is 0 Å². The van der Waals surface area contributed by atoms with E-state index in [-0.39, 0.29) is 11.7 Å². The molecule has 0 atom stereocenters. The zero-order chi connectivity index (χ0) is 20.2. The van der Waals surface area contributed by atoms with E-state index in [1.165, 1.54) is 12.5 Å². The summed E-state index contributed by atoms with van der Waals surface area (Å²) in [7, 11) is 1.94. The molecule has 4 aromatic rings. The number of aromatic hydroxyl groups is 1. The van der Waals surface area contributed by atoms with Gasteiger partial charge in [0.15, 0.2) is 5.65 Å². The molecule has 146 valence electrons. The number of benzene rings is 1. The first-order chi connectivity index (χ1) is 14.1. The minimum absolute atomic E-state index is 0.158. The van der Waals surface area contributed by atoms with Crippen molar-refractivity contribution in [3.63, 3.8) is 0 Å². The quantitative estimate of drug-likeness (QED) is 0.324. The standard InChI is InChI=1S/C20H20BN5O3/c21-15-11-24-26-18(22-7-3-8-23-20(28)13-6-9-29-12-13)10-16(25-19(15)26)14-4-1-2-5-17(14)27/h1-2,4-6,9-12,22,27H,3,7-8,21H2,(H,23,28). The summed E-state index contributed by atoms with van der Waals surface area (Å²) in [5, 5.41) is 20.8. The van der Waals surface area contributed by atoms with Crippen LogP contribution >= 0.6 is 0 Å². The fourth-order valence-electron chi connectivity index (χ4n) is 3.03. The van der Waals surface area contributed by atoms with Gasteiger partial charge >= 0.3 is 0 Å². The third-order valence-corrected chi connectivity index (χ3v) is 4.56. The van der Waals surface area contributed by atoms with Crippen LogP contribution in [0.15, 0.2) is 59.5 Å². The number of rotatable bonds is 7. The van der Waals surface area contributed by atoms with Crippen molar-refractivity contribution in [1.82, 2.24) is 19.9 Å². The van der Waals surface area contributed by atoms with E-state index in [2.05, 4.69) is 20.7 Å². The number of hydrogen-bond acceptors (Lipinski definition) is 6. The van der Waals surface area contributed by atoms with Gasteiger partial charge in [-0.05, 0) is 30.1 Å². The second-order valence-corrected chi connectivity index (χ2v) is 6.66. The van der Waals surface area contributed by atoms with E-state index in [0.717, 1.165) is 23.3 Å². The summed E-state index contributed by atoms with van der Waals surface area (Å²) in [6, 6.07) is 10.6. The van der Waals surface area contributed by atoms with E-state index in [4.69, 9.17) is 4.42 Å². The summed E-state index contributed by atoms with van der Waals surface area (Å²) < 4.78 is 6.65. The maximum Gasteiger partial charge on any atom is 0.254 e. The number of carbonyl (C=O) groups excluding carboxylic acids is 1. The Morgan fingerprint density at radius 3 is 2.90 bits per heavy atom. The molecule has 3 N–H and O–H groups in total. The molecular weight excluding hydrogens is 369 g/mol. The van der Waals surface area contributed by atoms with Crippen LogP contribution in [0.1, 0.15) is 16.8 Å². The second-order valence-electron chi connectivity index (χ2n) is 6.66. The number of hydrogen-bond donors (Lipinski definition) is 3. The van der Waals surface area contributed by atoms with Crippen molar-refractivity contribution in [2.24, 2.45) is 0 Å². The number of fused-ring (bicyclic) bond motifs is 1. The molecule has 0 aliphatic carbocycles. The third kappa shape index (κ3) is 3.93. The molecule has 1 amide bonds. The van der Waals surface area contributed by atoms with E-state index in [0.29, 0.717) is 29.9 Å². The molecule has 0 saturated carbocycles. The van der Waals surface area contributed by atoms with Crippen molar-refractivity contribution in [3.8, 4) is 17.0 Å². The second kappa shape index (κ2) is 8.09. The van der Waals surface area contributed by atoms with Gasteiger partial charge in [0.25, 0.3) is 5.91 Å². The Labute approximate surface area is 168 Å². The van der Waals surface area contributed by atoms with Crippen LogP contribution in [0.25, 0.3) is 16.9 Å². The highest BCUT2D eigenvalue weighted by Crippen LogP contribution is 2.29. The van der Waals surface area contributed by atoms with E-state index in [1.807, 2.05) is 26.0 Å². The fraction of sp³-hybridized carbons (Fsp3) is 0.150. The summed E-state index contributed by atoms with van der Waals surface area (Å²) in [6.45, 7) is 1.15. The van der Waals surface area contributed by atoms with Crippen molar-refractivity contribution in [1.29, 1.82) is 0 Å². The number of furan rings is 1. The zero-order valence-electron chi connectivity index (χ0n) is 15.9. The lowest BCUT2D eigenvalue weighted by atomic mass is 10.0. The molecular formula is C20H20BN5O3. The molecule has 0 unspecified atom stereocenters. The summed E-state index contributed by atoms with van der Waals surface area (Å²) in [5.41, 5.74) is 3.49. The number of para-hydroxylation sites is 1. The van der Waals surface area contributed by atoms with Gasteiger partial charge in [0.05, 0.1) is 17.5 Å². The first-order valence-electron chi connectivity index (χ1n) is 9.31. The number of nitrogens with one attached hydrogen (secondary N) is 2. The minimum atomic E-state index is -0.158. The predicted molar refractivity (Wildman–Crippen MR) is 112 cm³/mol. The van der Waals surface area contributed by atoms with Gasteiger partial charge in [0.1, 0.15) is 25.7 Å². The topological polar surface area (TPSA) is 105 Å². The average Bonchev–Trinajstić information content (AvgIpc) is 3.38. The number of nitrogens with zero attached hydrogens (tertiary/aromatic N) is 3. The van der Waals surface area contributed by atoms with E-state index in [9.17, 15) is 9.90 Å². The summed E-state index contributed by atoms with van der Waals surface area (Å²) in [6.07, 6.45) is 5.37. The average molecular weight is 389 g/mol. The van der Waals surface area contributed by atoms with Crippen LogP contribution in [-0.4, -0.2) is 46.5 Å². The first-order valence-corrected chi connectivity index (χ1v) is 9.31. The predicted octanol–water partition coefficient (Wildman–Crippen LogP) is 1.19. The summed E-state index contributed by atoms with van der Waals surface area (Å²) in [5.74, 6) is 0.784. The van der Waals surface area contributed by atoms with E-state index < -0.39 is 0 Å². The number of aromatic nitrogens is 3. The SMILES string of the molecule is Bc1cnn2c(NCCCNC(=O)c3ccoc3)cc(-c3ccccc3O)nc12. The van der Waals surface area contributed by atoms with Crippen LogP contribution in [0, 0.1) is 0 Å². The van der Waals surface area contributed by atoms with Crippen molar-refractivity contribution in [3.05, 3.63) is 60.7 Å². The number of anilines is 1. The van der Waals surface area contributed by atoms with Gasteiger partial charge in [-0.3, -0.25) is 4.79 Å². The summed E-state index contributed by atoms with van der Waals surface area (Å²) >= 11 is 0. The van der Waals surface area contributed by atoms with Gasteiger partial charge in [0, 0.05) is 30.9 Å². The molecule has 0 radical (unpaired) electrons. The van der Waals surface area contributed by atoms with Gasteiger partial charge in [-0.2, -0.15) is 9.61 Å².